The number of nitrogens with one attached hydrogen (secondary N) is 1. The molecule has 116 valence electrons. The molecule has 5 N–H and O–H groups in total. The van der Waals surface area contributed by atoms with E-state index >= 15 is 0 Å². The lowest BCUT2D eigenvalue weighted by atomic mass is 9.98. The Labute approximate surface area is 117 Å². The van der Waals surface area contributed by atoms with Gasteiger partial charge >= 0.3 is 11.9 Å². The van der Waals surface area contributed by atoms with Crippen molar-refractivity contribution in [2.24, 2.45) is 5.73 Å². The Kier molecular flexibility index (Phi) is 9.40. The highest BCUT2D eigenvalue weighted by Gasteiger charge is 2.29. The van der Waals surface area contributed by atoms with Gasteiger partial charge in [0, 0.05) is 12.8 Å². The summed E-state index contributed by atoms with van der Waals surface area (Å²) in [5.41, 5.74) is 3.83. The second-order valence-corrected chi connectivity index (χ2v) is 4.69. The number of nitrogens with two attached hydrogens (primary N) is 1. The fraction of sp³-hybridized carbons (Fsp3) is 0.667. The highest BCUT2D eigenvalue weighted by Crippen LogP contribution is 2.05. The maximum Gasteiger partial charge on any atom is 0.323 e. The summed E-state index contributed by atoms with van der Waals surface area (Å²) < 4.78 is 0. The van der Waals surface area contributed by atoms with Gasteiger partial charge in [0.25, 0.3) is 0 Å². The maximum atomic E-state index is 10.4. The van der Waals surface area contributed by atoms with E-state index < -0.39 is 23.5 Å². The zero-order valence-electron chi connectivity index (χ0n) is 12.1. The summed E-state index contributed by atoms with van der Waals surface area (Å²) in [7, 11) is 1.52. The molecule has 2 unspecified atom stereocenters. The van der Waals surface area contributed by atoms with Gasteiger partial charge in [-0.3, -0.25) is 19.2 Å². The smallest absolute Gasteiger partial charge is 0.323 e. The maximum absolute atomic E-state index is 10.4. The predicted octanol–water partition coefficient (Wildman–Crippen LogP) is -0.594. The van der Waals surface area contributed by atoms with Gasteiger partial charge in [0.1, 0.15) is 23.1 Å². The number of rotatable bonds is 7. The Bertz CT molecular complexity index is 378. The van der Waals surface area contributed by atoms with Crippen LogP contribution in [-0.4, -0.2) is 52.3 Å². The summed E-state index contributed by atoms with van der Waals surface area (Å²) in [5, 5.41) is 19.3. The van der Waals surface area contributed by atoms with Crippen LogP contribution in [0.15, 0.2) is 0 Å². The van der Waals surface area contributed by atoms with Crippen LogP contribution in [0.5, 0.6) is 0 Å². The zero-order chi connectivity index (χ0) is 16.5. The van der Waals surface area contributed by atoms with E-state index in [9.17, 15) is 19.2 Å². The van der Waals surface area contributed by atoms with E-state index in [1.165, 1.54) is 27.8 Å². The van der Waals surface area contributed by atoms with Gasteiger partial charge in [-0.1, -0.05) is 0 Å². The Morgan fingerprint density at radius 3 is 1.70 bits per heavy atom. The highest BCUT2D eigenvalue weighted by atomic mass is 16.4. The summed E-state index contributed by atoms with van der Waals surface area (Å²) >= 11 is 0. The number of aliphatic carboxylic acids is 2. The number of Topliss-reactive ketones (excluding diaryl/α,β-unsaturated/α-hetero) is 2. The van der Waals surface area contributed by atoms with Crippen LogP contribution in [0.4, 0.5) is 0 Å². The van der Waals surface area contributed by atoms with E-state index in [1.54, 1.807) is 0 Å². The number of ketones is 2. The average Bonchev–Trinajstić information content (AvgIpc) is 2.24. The molecule has 0 aromatic rings. The molecule has 0 saturated carbocycles. The molecule has 8 heteroatoms. The van der Waals surface area contributed by atoms with Crippen molar-refractivity contribution in [3.8, 4) is 0 Å². The van der Waals surface area contributed by atoms with Gasteiger partial charge in [0.05, 0.1) is 0 Å². The summed E-state index contributed by atoms with van der Waals surface area (Å²) in [5.74, 6) is -2.48. The second kappa shape index (κ2) is 9.16. The zero-order valence-corrected chi connectivity index (χ0v) is 12.1. The minimum atomic E-state index is -1.41. The van der Waals surface area contributed by atoms with Crippen LogP contribution in [0.3, 0.4) is 0 Å². The first-order valence-electron chi connectivity index (χ1n) is 5.85. The number of carboxylic acid groups (broad SMARTS) is 2. The minimum absolute atomic E-state index is 0.0475. The molecule has 8 nitrogen and oxygen atoms in total. The molecule has 0 aromatic carbocycles. The van der Waals surface area contributed by atoms with Gasteiger partial charge < -0.3 is 21.3 Å². The fourth-order valence-electron chi connectivity index (χ4n) is 1.19. The van der Waals surface area contributed by atoms with Gasteiger partial charge in [-0.05, 0) is 27.8 Å². The monoisotopic (exact) mass is 290 g/mol. The second-order valence-electron chi connectivity index (χ2n) is 4.69. The van der Waals surface area contributed by atoms with Crippen LogP contribution in [-0.2, 0) is 19.2 Å². The summed E-state index contributed by atoms with van der Waals surface area (Å²) in [6.45, 7) is 4.00. The van der Waals surface area contributed by atoms with Crippen molar-refractivity contribution < 1.29 is 29.4 Å². The van der Waals surface area contributed by atoms with Crippen molar-refractivity contribution in [3.63, 3.8) is 0 Å². The molecule has 0 radical (unpaired) electrons. The van der Waals surface area contributed by atoms with E-state index in [1.807, 2.05) is 0 Å². The molecule has 0 aliphatic rings. The third-order valence-corrected chi connectivity index (χ3v) is 2.24. The van der Waals surface area contributed by atoms with Gasteiger partial charge in [0.2, 0.25) is 0 Å². The molecular formula is C12H22N2O6. The van der Waals surface area contributed by atoms with E-state index in [4.69, 9.17) is 15.9 Å². The van der Waals surface area contributed by atoms with Crippen LogP contribution in [0.2, 0.25) is 0 Å². The highest BCUT2D eigenvalue weighted by molar-refractivity contribution is 5.87. The number of hydrogen-bond acceptors (Lipinski definition) is 6. The number of hydrogen-bond donors (Lipinski definition) is 4. The lowest BCUT2D eigenvalue weighted by Crippen LogP contribution is -2.46. The van der Waals surface area contributed by atoms with Crippen LogP contribution in [0, 0.1) is 0 Å². The van der Waals surface area contributed by atoms with E-state index in [0.717, 1.165) is 0 Å². The molecule has 0 aliphatic heterocycles. The van der Waals surface area contributed by atoms with Crippen molar-refractivity contribution in [1.82, 2.24) is 5.32 Å². The topological polar surface area (TPSA) is 147 Å². The fourth-order valence-corrected chi connectivity index (χ4v) is 1.19. The Morgan fingerprint density at radius 1 is 1.15 bits per heavy atom. The number of carboxylic acids is 2. The molecule has 0 heterocycles. The summed E-state index contributed by atoms with van der Waals surface area (Å²) in [6.07, 6.45) is -0.0752. The SMILES string of the molecule is CC(=O)CC(C)(N)C(=O)O.CNC(CC(C)=O)C(=O)O. The van der Waals surface area contributed by atoms with Gasteiger partial charge in [-0.25, -0.2) is 0 Å². The first kappa shape index (κ1) is 20.5. The molecule has 0 fully saturated rings. The Morgan fingerprint density at radius 2 is 1.60 bits per heavy atom. The van der Waals surface area contributed by atoms with Crippen LogP contribution < -0.4 is 11.1 Å². The normalized spacial score (nSPS) is 14.2. The standard InChI is InChI=1S/2C6H11NO3/c1-4(8)3-6(2,7)5(9)10;1-4(8)3-5(7-2)6(9)10/h3,7H2,1-2H3,(H,9,10);5,7H,3H2,1-2H3,(H,9,10). The average molecular weight is 290 g/mol. The van der Waals surface area contributed by atoms with Crippen molar-refractivity contribution in [2.45, 2.75) is 45.2 Å². The molecule has 0 rings (SSSR count). The summed E-state index contributed by atoms with van der Waals surface area (Å²) in [4.78, 5) is 41.4. The molecule has 0 aromatic heterocycles. The van der Waals surface area contributed by atoms with Gasteiger partial charge in [-0.15, -0.1) is 0 Å². The quantitative estimate of drug-likeness (QED) is 0.486. The largest absolute Gasteiger partial charge is 0.480 e. The van der Waals surface area contributed by atoms with E-state index in [-0.39, 0.29) is 24.4 Å². The Hall–Kier alpha value is -1.80. The molecule has 20 heavy (non-hydrogen) atoms. The van der Waals surface area contributed by atoms with Crippen molar-refractivity contribution in [2.75, 3.05) is 7.05 Å². The van der Waals surface area contributed by atoms with Gasteiger partial charge in [-0.2, -0.15) is 0 Å². The molecule has 0 saturated heterocycles. The molecule has 2 atom stereocenters. The predicted molar refractivity (Wildman–Crippen MR) is 71.3 cm³/mol. The lowest BCUT2D eigenvalue weighted by molar-refractivity contribution is -0.144. The third kappa shape index (κ3) is 10.2. The number of carbonyl (C=O) groups excluding carboxylic acids is 2. The van der Waals surface area contributed by atoms with Crippen LogP contribution in [0.25, 0.3) is 0 Å². The van der Waals surface area contributed by atoms with Crippen molar-refractivity contribution >= 4 is 23.5 Å². The molecule has 0 bridgehead atoms. The first-order chi connectivity index (χ1) is 8.93. The Balaban J connectivity index is 0. The van der Waals surface area contributed by atoms with Crippen LogP contribution >= 0.6 is 0 Å². The summed E-state index contributed by atoms with van der Waals surface area (Å²) in [6, 6.07) is -0.738. The molecule has 0 amide bonds. The molecular weight excluding hydrogens is 268 g/mol. The van der Waals surface area contributed by atoms with Gasteiger partial charge in [0.15, 0.2) is 0 Å². The minimum Gasteiger partial charge on any atom is -0.480 e. The van der Waals surface area contributed by atoms with E-state index in [2.05, 4.69) is 5.32 Å². The molecule has 0 aliphatic carbocycles. The van der Waals surface area contributed by atoms with Crippen molar-refractivity contribution in [1.29, 1.82) is 0 Å². The van der Waals surface area contributed by atoms with Crippen molar-refractivity contribution in [3.05, 3.63) is 0 Å². The lowest BCUT2D eigenvalue weighted by Gasteiger charge is -2.16. The molecule has 0 spiro atoms. The third-order valence-electron chi connectivity index (χ3n) is 2.24. The van der Waals surface area contributed by atoms with Crippen LogP contribution in [0.1, 0.15) is 33.6 Å². The number of likely N-dealkylation sites (N-methyl/N-ethyl adjacent to an activating group) is 1. The van der Waals surface area contributed by atoms with E-state index in [0.29, 0.717) is 0 Å². The first-order valence-corrected chi connectivity index (χ1v) is 5.85. The number of carbonyl (C=O) groups is 4.